The largest absolute Gasteiger partial charge is 0.480 e. The Kier molecular flexibility index (Phi) is 1.92. The molecule has 0 spiro atoms. The molecule has 0 heterocycles. The summed E-state index contributed by atoms with van der Waals surface area (Å²) < 4.78 is 22.3. The molecule has 0 aromatic heterocycles. The third-order valence-corrected chi connectivity index (χ3v) is 4.60. The number of hydrogen-bond acceptors (Lipinski definition) is 3. The van der Waals surface area contributed by atoms with Gasteiger partial charge in [-0.05, 0) is 12.8 Å². The number of nitrogens with zero attached hydrogens (tertiary/aromatic N) is 1. The second-order valence-corrected chi connectivity index (χ2v) is 5.55. The van der Waals surface area contributed by atoms with E-state index in [4.69, 9.17) is 5.11 Å². The van der Waals surface area contributed by atoms with Crippen LogP contribution in [0.5, 0.6) is 0 Å². The monoisotopic (exact) mass is 193 g/mol. The highest BCUT2D eigenvalue weighted by Gasteiger charge is 2.62. The standard InChI is InChI=1S/C6H11NO4S/c1-7(2)12(10,11)6(3-4-6)5(8)9/h3-4H2,1-2H3,(H,8,9). The first-order valence-electron chi connectivity index (χ1n) is 3.50. The van der Waals surface area contributed by atoms with Crippen LogP contribution < -0.4 is 0 Å². The second kappa shape index (κ2) is 2.43. The highest BCUT2D eigenvalue weighted by molar-refractivity contribution is 7.91. The van der Waals surface area contributed by atoms with Crippen LogP contribution in [0.4, 0.5) is 0 Å². The molecule has 0 atom stereocenters. The summed E-state index contributed by atoms with van der Waals surface area (Å²) in [4.78, 5) is 10.6. The number of hydrogen-bond donors (Lipinski definition) is 1. The quantitative estimate of drug-likeness (QED) is 0.655. The van der Waals surface area contributed by atoms with Crippen LogP contribution in [0.3, 0.4) is 0 Å². The van der Waals surface area contributed by atoms with E-state index in [9.17, 15) is 13.2 Å². The van der Waals surface area contributed by atoms with Gasteiger partial charge in [-0.25, -0.2) is 12.7 Å². The summed E-state index contributed by atoms with van der Waals surface area (Å²) in [5, 5.41) is 8.68. The van der Waals surface area contributed by atoms with Gasteiger partial charge in [-0.1, -0.05) is 0 Å². The first kappa shape index (κ1) is 9.47. The minimum absolute atomic E-state index is 0.225. The van der Waals surface area contributed by atoms with Gasteiger partial charge >= 0.3 is 5.97 Å². The van der Waals surface area contributed by atoms with Crippen LogP contribution >= 0.6 is 0 Å². The Hall–Kier alpha value is -0.620. The molecule has 1 aliphatic rings. The number of carboxylic acid groups (broad SMARTS) is 1. The Labute approximate surface area is 71.0 Å². The third kappa shape index (κ3) is 1.02. The topological polar surface area (TPSA) is 74.7 Å². The van der Waals surface area contributed by atoms with Crippen molar-refractivity contribution in [2.45, 2.75) is 17.6 Å². The van der Waals surface area contributed by atoms with Gasteiger partial charge in [-0.15, -0.1) is 0 Å². The zero-order valence-corrected chi connectivity index (χ0v) is 7.76. The van der Waals surface area contributed by atoms with E-state index < -0.39 is 20.7 Å². The Morgan fingerprint density at radius 3 is 1.92 bits per heavy atom. The molecule has 1 fully saturated rings. The van der Waals surface area contributed by atoms with Crippen molar-refractivity contribution in [2.24, 2.45) is 0 Å². The van der Waals surface area contributed by atoms with Crippen molar-refractivity contribution in [1.29, 1.82) is 0 Å². The minimum Gasteiger partial charge on any atom is -0.480 e. The third-order valence-electron chi connectivity index (χ3n) is 2.07. The lowest BCUT2D eigenvalue weighted by Gasteiger charge is -2.16. The van der Waals surface area contributed by atoms with E-state index in [-0.39, 0.29) is 12.8 Å². The summed E-state index contributed by atoms with van der Waals surface area (Å²) >= 11 is 0. The van der Waals surface area contributed by atoms with E-state index in [0.29, 0.717) is 0 Å². The Morgan fingerprint density at radius 1 is 1.42 bits per heavy atom. The SMILES string of the molecule is CN(C)S(=O)(=O)C1(C(=O)O)CC1. The first-order valence-corrected chi connectivity index (χ1v) is 4.94. The van der Waals surface area contributed by atoms with Crippen molar-refractivity contribution in [3.63, 3.8) is 0 Å². The summed E-state index contributed by atoms with van der Waals surface area (Å²) in [7, 11) is -0.940. The lowest BCUT2D eigenvalue weighted by Crippen LogP contribution is -2.40. The predicted molar refractivity (Wildman–Crippen MR) is 42.2 cm³/mol. The molecule has 0 bridgehead atoms. The molecule has 0 saturated heterocycles. The number of sulfonamides is 1. The van der Waals surface area contributed by atoms with E-state index in [2.05, 4.69) is 0 Å². The molecule has 1 rings (SSSR count). The van der Waals surface area contributed by atoms with Gasteiger partial charge in [0.2, 0.25) is 10.0 Å². The zero-order valence-electron chi connectivity index (χ0n) is 6.94. The molecule has 5 nitrogen and oxygen atoms in total. The van der Waals surface area contributed by atoms with Crippen molar-refractivity contribution in [2.75, 3.05) is 14.1 Å². The summed E-state index contributed by atoms with van der Waals surface area (Å²) in [6.07, 6.45) is 0.450. The van der Waals surface area contributed by atoms with Crippen LogP contribution in [0.15, 0.2) is 0 Å². The second-order valence-electron chi connectivity index (χ2n) is 3.09. The molecule has 1 aliphatic carbocycles. The molecule has 0 unspecified atom stereocenters. The number of carbonyl (C=O) groups is 1. The van der Waals surface area contributed by atoms with Crippen molar-refractivity contribution in [1.82, 2.24) is 4.31 Å². The normalized spacial score (nSPS) is 20.9. The van der Waals surface area contributed by atoms with Crippen LogP contribution in [0, 0.1) is 0 Å². The van der Waals surface area contributed by atoms with Gasteiger partial charge in [-0.3, -0.25) is 4.79 Å². The van der Waals surface area contributed by atoms with Gasteiger partial charge in [0.1, 0.15) is 0 Å². The Balaban J connectivity index is 3.06. The highest BCUT2D eigenvalue weighted by Crippen LogP contribution is 2.44. The summed E-state index contributed by atoms with van der Waals surface area (Å²) in [6, 6.07) is 0. The predicted octanol–water partition coefficient (Wildman–Crippen LogP) is -0.505. The molecule has 0 amide bonds. The molecule has 6 heteroatoms. The maximum Gasteiger partial charge on any atom is 0.326 e. The fourth-order valence-electron chi connectivity index (χ4n) is 1.05. The van der Waals surface area contributed by atoms with Gasteiger partial charge in [0.05, 0.1) is 0 Å². The van der Waals surface area contributed by atoms with Gasteiger partial charge in [0.25, 0.3) is 0 Å². The molecule has 0 aromatic rings. The maximum absolute atomic E-state index is 11.4. The van der Waals surface area contributed by atoms with Crippen LogP contribution in [0.25, 0.3) is 0 Å². The Morgan fingerprint density at radius 2 is 1.83 bits per heavy atom. The van der Waals surface area contributed by atoms with Gasteiger partial charge in [0, 0.05) is 14.1 Å². The van der Waals surface area contributed by atoms with Gasteiger partial charge in [-0.2, -0.15) is 0 Å². The first-order chi connectivity index (χ1) is 5.34. The molecule has 70 valence electrons. The van der Waals surface area contributed by atoms with E-state index in [1.54, 1.807) is 0 Å². The average Bonchev–Trinajstić information content (AvgIpc) is 2.64. The summed E-state index contributed by atoms with van der Waals surface area (Å²) in [5.41, 5.74) is 0. The number of aliphatic carboxylic acids is 1. The van der Waals surface area contributed by atoms with Crippen molar-refractivity contribution in [3.05, 3.63) is 0 Å². The summed E-state index contributed by atoms with van der Waals surface area (Å²) in [5.74, 6) is -1.24. The van der Waals surface area contributed by atoms with E-state index in [0.717, 1.165) is 4.31 Å². The molecule has 0 radical (unpaired) electrons. The molecule has 1 saturated carbocycles. The fourth-order valence-corrected chi connectivity index (χ4v) is 2.58. The van der Waals surface area contributed by atoms with Crippen LogP contribution in [0.1, 0.15) is 12.8 Å². The van der Waals surface area contributed by atoms with E-state index in [1.165, 1.54) is 14.1 Å². The zero-order chi connectivity index (χ0) is 9.57. The fraction of sp³-hybridized carbons (Fsp3) is 0.833. The molecular weight excluding hydrogens is 182 g/mol. The van der Waals surface area contributed by atoms with Crippen molar-refractivity contribution < 1.29 is 18.3 Å². The molecule has 1 N–H and O–H groups in total. The average molecular weight is 193 g/mol. The van der Waals surface area contributed by atoms with E-state index in [1.807, 2.05) is 0 Å². The van der Waals surface area contributed by atoms with Crippen molar-refractivity contribution in [3.8, 4) is 0 Å². The lowest BCUT2D eigenvalue weighted by molar-refractivity contribution is -0.137. The maximum atomic E-state index is 11.4. The molecule has 0 aliphatic heterocycles. The van der Waals surface area contributed by atoms with Crippen LogP contribution in [-0.2, 0) is 14.8 Å². The van der Waals surface area contributed by atoms with Gasteiger partial charge in [0.15, 0.2) is 4.75 Å². The summed E-state index contributed by atoms with van der Waals surface area (Å²) in [6.45, 7) is 0. The molecular formula is C6H11NO4S. The van der Waals surface area contributed by atoms with Gasteiger partial charge < -0.3 is 5.11 Å². The number of carboxylic acids is 1. The van der Waals surface area contributed by atoms with Crippen molar-refractivity contribution >= 4 is 16.0 Å². The smallest absolute Gasteiger partial charge is 0.326 e. The lowest BCUT2D eigenvalue weighted by atomic mass is 10.4. The highest BCUT2D eigenvalue weighted by atomic mass is 32.2. The number of rotatable bonds is 3. The Bertz CT molecular complexity index is 302. The molecule has 12 heavy (non-hydrogen) atoms. The molecule has 0 aromatic carbocycles. The minimum atomic E-state index is -3.63. The van der Waals surface area contributed by atoms with Crippen LogP contribution in [0.2, 0.25) is 0 Å². The van der Waals surface area contributed by atoms with Crippen LogP contribution in [-0.4, -0.2) is 42.6 Å². The van der Waals surface area contributed by atoms with E-state index >= 15 is 0 Å².